The summed E-state index contributed by atoms with van der Waals surface area (Å²) >= 11 is 0. The van der Waals surface area contributed by atoms with Crippen LogP contribution in [-0.4, -0.2) is 17.7 Å². The predicted octanol–water partition coefficient (Wildman–Crippen LogP) is 3.79. The Balaban J connectivity index is 2.30. The van der Waals surface area contributed by atoms with E-state index in [0.29, 0.717) is 19.6 Å². The van der Waals surface area contributed by atoms with Crippen molar-refractivity contribution in [3.63, 3.8) is 0 Å². The maximum atomic E-state index is 10.7. The van der Waals surface area contributed by atoms with Gasteiger partial charge in [-0.25, -0.2) is 4.79 Å². The number of unbranched alkanes of at least 4 members (excludes halogenated alkanes) is 1. The third-order valence-corrected chi connectivity index (χ3v) is 2.86. The second-order valence-corrected chi connectivity index (χ2v) is 4.53. The molecular weight excluding hydrogens is 240 g/mol. The highest BCUT2D eigenvalue weighted by atomic mass is 16.5. The first-order valence-corrected chi connectivity index (χ1v) is 6.76. The minimum atomic E-state index is -0.867. The number of ether oxygens (including phenoxy) is 1. The van der Waals surface area contributed by atoms with Gasteiger partial charge in [0.1, 0.15) is 0 Å². The smallest absolute Gasteiger partial charge is 0.328 e. The zero-order valence-electron chi connectivity index (χ0n) is 11.5. The van der Waals surface area contributed by atoms with E-state index in [9.17, 15) is 4.79 Å². The van der Waals surface area contributed by atoms with Crippen LogP contribution in [0.4, 0.5) is 0 Å². The van der Waals surface area contributed by atoms with E-state index in [0.717, 1.165) is 30.4 Å². The van der Waals surface area contributed by atoms with Gasteiger partial charge in [0.15, 0.2) is 0 Å². The number of benzene rings is 1. The van der Waals surface area contributed by atoms with Crippen LogP contribution in [0.3, 0.4) is 0 Å². The van der Waals surface area contributed by atoms with E-state index in [1.54, 1.807) is 0 Å². The van der Waals surface area contributed by atoms with Crippen LogP contribution in [0.25, 0.3) is 0 Å². The molecule has 0 spiro atoms. The van der Waals surface area contributed by atoms with Crippen LogP contribution in [0.2, 0.25) is 0 Å². The standard InChI is InChI=1S/C16H22O3/c1-2-3-7-14(12-16(17)18)10-11-19-13-15-8-5-4-6-9-15/h4-6,8-9,12H,2-3,7,10-11,13H2,1H3,(H,17,18)/b14-12-. The summed E-state index contributed by atoms with van der Waals surface area (Å²) in [5.41, 5.74) is 2.10. The van der Waals surface area contributed by atoms with Crippen LogP contribution in [0.15, 0.2) is 42.0 Å². The minimum absolute atomic E-state index is 0.567. The first kappa shape index (κ1) is 15.4. The van der Waals surface area contributed by atoms with Crippen molar-refractivity contribution in [2.45, 2.75) is 39.2 Å². The van der Waals surface area contributed by atoms with Gasteiger partial charge in [-0.1, -0.05) is 49.2 Å². The lowest BCUT2D eigenvalue weighted by molar-refractivity contribution is -0.131. The van der Waals surface area contributed by atoms with Crippen LogP contribution in [0, 0.1) is 0 Å². The van der Waals surface area contributed by atoms with Crippen molar-refractivity contribution >= 4 is 5.97 Å². The number of carbonyl (C=O) groups is 1. The molecule has 0 saturated heterocycles. The summed E-state index contributed by atoms with van der Waals surface area (Å²) in [6.07, 6.45) is 4.96. The zero-order chi connectivity index (χ0) is 13.9. The summed E-state index contributed by atoms with van der Waals surface area (Å²) in [6.45, 7) is 3.25. The topological polar surface area (TPSA) is 46.5 Å². The summed E-state index contributed by atoms with van der Waals surface area (Å²) in [5, 5.41) is 8.80. The molecule has 0 aliphatic carbocycles. The average molecular weight is 262 g/mol. The molecule has 0 saturated carbocycles. The van der Waals surface area contributed by atoms with E-state index < -0.39 is 5.97 Å². The van der Waals surface area contributed by atoms with Gasteiger partial charge in [-0.05, 0) is 24.8 Å². The number of rotatable bonds is 9. The number of carboxylic acid groups (broad SMARTS) is 1. The quantitative estimate of drug-likeness (QED) is 0.544. The fraction of sp³-hybridized carbons (Fsp3) is 0.438. The number of carboxylic acids is 1. The van der Waals surface area contributed by atoms with Gasteiger partial charge in [0.2, 0.25) is 0 Å². The van der Waals surface area contributed by atoms with Crippen molar-refractivity contribution in [1.82, 2.24) is 0 Å². The summed E-state index contributed by atoms with van der Waals surface area (Å²) in [4.78, 5) is 10.7. The molecule has 0 heterocycles. The summed E-state index contributed by atoms with van der Waals surface area (Å²) in [5.74, 6) is -0.867. The van der Waals surface area contributed by atoms with Crippen molar-refractivity contribution in [3.05, 3.63) is 47.5 Å². The second-order valence-electron chi connectivity index (χ2n) is 4.53. The largest absolute Gasteiger partial charge is 0.478 e. The molecule has 0 unspecified atom stereocenters. The van der Waals surface area contributed by atoms with Crippen molar-refractivity contribution in [2.75, 3.05) is 6.61 Å². The molecule has 1 N–H and O–H groups in total. The van der Waals surface area contributed by atoms with Crippen LogP contribution >= 0.6 is 0 Å². The van der Waals surface area contributed by atoms with Crippen LogP contribution in [0.1, 0.15) is 38.2 Å². The molecule has 0 atom stereocenters. The predicted molar refractivity (Wildman–Crippen MR) is 76.0 cm³/mol. The van der Waals surface area contributed by atoms with Gasteiger partial charge in [0, 0.05) is 6.08 Å². The lowest BCUT2D eigenvalue weighted by Gasteiger charge is -2.07. The highest BCUT2D eigenvalue weighted by Gasteiger charge is 2.01. The molecule has 104 valence electrons. The molecule has 1 aromatic rings. The van der Waals surface area contributed by atoms with Gasteiger partial charge in [-0.3, -0.25) is 0 Å². The molecule has 0 aromatic heterocycles. The number of aliphatic carboxylic acids is 1. The number of hydrogen-bond acceptors (Lipinski definition) is 2. The average Bonchev–Trinajstić information content (AvgIpc) is 2.41. The molecule has 0 amide bonds. The van der Waals surface area contributed by atoms with E-state index in [2.05, 4.69) is 6.92 Å². The van der Waals surface area contributed by atoms with Crippen molar-refractivity contribution in [1.29, 1.82) is 0 Å². The van der Waals surface area contributed by atoms with Gasteiger partial charge in [-0.2, -0.15) is 0 Å². The maximum Gasteiger partial charge on any atom is 0.328 e. The Bertz CT molecular complexity index is 396. The first-order chi connectivity index (χ1) is 9.22. The third kappa shape index (κ3) is 7.42. The van der Waals surface area contributed by atoms with E-state index in [-0.39, 0.29) is 0 Å². The Morgan fingerprint density at radius 2 is 2.00 bits per heavy atom. The normalized spacial score (nSPS) is 11.5. The van der Waals surface area contributed by atoms with Gasteiger partial charge >= 0.3 is 5.97 Å². The van der Waals surface area contributed by atoms with E-state index in [1.165, 1.54) is 6.08 Å². The molecule has 1 rings (SSSR count). The highest BCUT2D eigenvalue weighted by Crippen LogP contribution is 2.12. The van der Waals surface area contributed by atoms with Crippen LogP contribution in [-0.2, 0) is 16.1 Å². The summed E-state index contributed by atoms with van der Waals surface area (Å²) in [6, 6.07) is 9.98. The Morgan fingerprint density at radius 1 is 1.26 bits per heavy atom. The molecule has 1 aromatic carbocycles. The van der Waals surface area contributed by atoms with Gasteiger partial charge in [-0.15, -0.1) is 0 Å². The molecular formula is C16H22O3. The molecule has 0 aliphatic heterocycles. The lowest BCUT2D eigenvalue weighted by atomic mass is 10.1. The Kier molecular flexibility index (Phi) is 7.59. The fourth-order valence-electron chi connectivity index (χ4n) is 1.82. The SMILES string of the molecule is CCCC/C(=C/C(=O)O)CCOCc1ccccc1. The number of hydrogen-bond donors (Lipinski definition) is 1. The molecule has 0 bridgehead atoms. The van der Waals surface area contributed by atoms with E-state index in [4.69, 9.17) is 9.84 Å². The van der Waals surface area contributed by atoms with Crippen molar-refractivity contribution in [3.8, 4) is 0 Å². The van der Waals surface area contributed by atoms with E-state index >= 15 is 0 Å². The second kappa shape index (κ2) is 9.34. The van der Waals surface area contributed by atoms with Gasteiger partial charge in [0.05, 0.1) is 13.2 Å². The lowest BCUT2D eigenvalue weighted by Crippen LogP contribution is -2.00. The van der Waals surface area contributed by atoms with Crippen molar-refractivity contribution < 1.29 is 14.6 Å². The molecule has 0 radical (unpaired) electrons. The van der Waals surface area contributed by atoms with Gasteiger partial charge < -0.3 is 9.84 Å². The van der Waals surface area contributed by atoms with Gasteiger partial charge in [0.25, 0.3) is 0 Å². The summed E-state index contributed by atoms with van der Waals surface area (Å²) < 4.78 is 5.58. The maximum absolute atomic E-state index is 10.7. The minimum Gasteiger partial charge on any atom is -0.478 e. The highest BCUT2D eigenvalue weighted by molar-refractivity contribution is 5.80. The van der Waals surface area contributed by atoms with Crippen molar-refractivity contribution in [2.24, 2.45) is 0 Å². The van der Waals surface area contributed by atoms with E-state index in [1.807, 2.05) is 30.3 Å². The molecule has 0 fully saturated rings. The fourth-order valence-corrected chi connectivity index (χ4v) is 1.82. The Hall–Kier alpha value is -1.61. The van der Waals surface area contributed by atoms with Crippen LogP contribution < -0.4 is 0 Å². The third-order valence-electron chi connectivity index (χ3n) is 2.86. The Morgan fingerprint density at radius 3 is 2.63 bits per heavy atom. The first-order valence-electron chi connectivity index (χ1n) is 6.76. The molecule has 3 nitrogen and oxygen atoms in total. The molecule has 0 aliphatic rings. The summed E-state index contributed by atoms with van der Waals surface area (Å²) in [7, 11) is 0. The van der Waals surface area contributed by atoms with Crippen LogP contribution in [0.5, 0.6) is 0 Å². The monoisotopic (exact) mass is 262 g/mol. The molecule has 3 heteroatoms. The Labute approximate surface area is 114 Å². The molecule has 19 heavy (non-hydrogen) atoms. The zero-order valence-corrected chi connectivity index (χ0v) is 11.5.